The standard InChI is InChI=1S/C15H28O2.C13H19NO3/c1-12(2)8-10-16-14(3,4)13-7-5-6-9-15(13)11-17-15;1-14(2)9-10-17-12-6-3-11(4-7-12)5-8-13(15)16/h12-13H,5-11H2,1-4H3;3-4,6-7H,5,8-10H2,1-2H3,(H,15,16). The Kier molecular flexibility index (Phi) is 11.3. The molecular formula is C28H47NO5. The first-order valence-electron chi connectivity index (χ1n) is 12.9. The lowest BCUT2D eigenvalue weighted by molar-refractivity contribution is -0.136. The molecule has 194 valence electrons. The van der Waals surface area contributed by atoms with Gasteiger partial charge < -0.3 is 24.2 Å². The highest BCUT2D eigenvalue weighted by molar-refractivity contribution is 5.67. The average molecular weight is 478 g/mol. The predicted molar refractivity (Wildman–Crippen MR) is 137 cm³/mol. The van der Waals surface area contributed by atoms with E-state index in [0.717, 1.165) is 43.4 Å². The number of carbonyl (C=O) groups is 1. The molecule has 1 aromatic carbocycles. The summed E-state index contributed by atoms with van der Waals surface area (Å²) in [6, 6.07) is 7.58. The van der Waals surface area contributed by atoms with E-state index in [1.54, 1.807) is 0 Å². The van der Waals surface area contributed by atoms with Gasteiger partial charge in [0.15, 0.2) is 0 Å². The summed E-state index contributed by atoms with van der Waals surface area (Å²) in [5, 5.41) is 8.57. The topological polar surface area (TPSA) is 71.5 Å². The molecule has 6 heteroatoms. The van der Waals surface area contributed by atoms with Gasteiger partial charge in [-0.1, -0.05) is 38.8 Å². The zero-order valence-corrected chi connectivity index (χ0v) is 22.3. The van der Waals surface area contributed by atoms with Crippen LogP contribution in [0.25, 0.3) is 0 Å². The molecule has 1 saturated carbocycles. The maximum Gasteiger partial charge on any atom is 0.303 e. The van der Waals surface area contributed by atoms with E-state index < -0.39 is 5.97 Å². The summed E-state index contributed by atoms with van der Waals surface area (Å²) in [6.45, 7) is 12.4. The van der Waals surface area contributed by atoms with E-state index in [2.05, 4.69) is 32.6 Å². The third kappa shape index (κ3) is 9.93. The van der Waals surface area contributed by atoms with Crippen molar-refractivity contribution in [2.75, 3.05) is 40.5 Å². The molecule has 1 aliphatic heterocycles. The molecule has 0 amide bonds. The van der Waals surface area contributed by atoms with Crippen molar-refractivity contribution in [3.05, 3.63) is 29.8 Å². The van der Waals surface area contributed by atoms with Crippen molar-refractivity contribution < 1.29 is 24.1 Å². The molecule has 1 aliphatic carbocycles. The number of carboxylic acid groups (broad SMARTS) is 1. The first kappa shape index (κ1) is 28.6. The maximum absolute atomic E-state index is 10.4. The molecule has 2 unspecified atom stereocenters. The third-order valence-corrected chi connectivity index (χ3v) is 6.86. The SMILES string of the molecule is CC(C)CCOC(C)(C)C1CCCCC12CO2.CN(C)CCOc1ccc(CCC(=O)O)cc1. The number of hydrogen-bond donors (Lipinski definition) is 1. The molecule has 34 heavy (non-hydrogen) atoms. The minimum Gasteiger partial charge on any atom is -0.492 e. The summed E-state index contributed by atoms with van der Waals surface area (Å²) < 4.78 is 17.5. The number of hydrogen-bond acceptors (Lipinski definition) is 5. The Hall–Kier alpha value is -1.63. The van der Waals surface area contributed by atoms with Crippen molar-refractivity contribution in [2.24, 2.45) is 11.8 Å². The Balaban J connectivity index is 0.000000240. The monoisotopic (exact) mass is 477 g/mol. The Morgan fingerprint density at radius 1 is 1.21 bits per heavy atom. The minimum absolute atomic E-state index is 0.0220. The molecule has 2 fully saturated rings. The lowest BCUT2D eigenvalue weighted by Gasteiger charge is -2.41. The molecule has 1 aromatic rings. The second kappa shape index (κ2) is 13.5. The molecular weight excluding hydrogens is 430 g/mol. The molecule has 1 spiro atoms. The number of ether oxygens (including phenoxy) is 3. The van der Waals surface area contributed by atoms with Crippen molar-refractivity contribution >= 4 is 5.97 Å². The van der Waals surface area contributed by atoms with E-state index in [4.69, 9.17) is 19.3 Å². The van der Waals surface area contributed by atoms with Gasteiger partial charge in [-0.25, -0.2) is 0 Å². The summed E-state index contributed by atoms with van der Waals surface area (Å²) in [5.74, 6) is 1.38. The number of carboxylic acids is 1. The van der Waals surface area contributed by atoms with Gasteiger partial charge in [-0.2, -0.15) is 0 Å². The molecule has 1 saturated heterocycles. The minimum atomic E-state index is -0.767. The van der Waals surface area contributed by atoms with Crippen LogP contribution in [0.15, 0.2) is 24.3 Å². The summed E-state index contributed by atoms with van der Waals surface area (Å²) in [6.07, 6.45) is 7.08. The number of aliphatic carboxylic acids is 1. The van der Waals surface area contributed by atoms with Crippen LogP contribution < -0.4 is 4.74 Å². The Bertz CT molecular complexity index is 725. The highest BCUT2D eigenvalue weighted by Crippen LogP contribution is 2.51. The van der Waals surface area contributed by atoms with Crippen LogP contribution >= 0.6 is 0 Å². The third-order valence-electron chi connectivity index (χ3n) is 6.86. The number of benzene rings is 1. The second-order valence-electron chi connectivity index (χ2n) is 11.0. The van der Waals surface area contributed by atoms with Gasteiger partial charge in [-0.05, 0) is 77.2 Å². The van der Waals surface area contributed by atoms with Gasteiger partial charge in [-0.15, -0.1) is 0 Å². The van der Waals surface area contributed by atoms with Crippen molar-refractivity contribution in [3.63, 3.8) is 0 Å². The van der Waals surface area contributed by atoms with Crippen LogP contribution in [0, 0.1) is 11.8 Å². The van der Waals surface area contributed by atoms with Crippen LogP contribution in [0.4, 0.5) is 0 Å². The number of nitrogens with zero attached hydrogens (tertiary/aromatic N) is 1. The van der Waals surface area contributed by atoms with Crippen LogP contribution in [0.3, 0.4) is 0 Å². The van der Waals surface area contributed by atoms with E-state index in [1.807, 2.05) is 38.4 Å². The second-order valence-corrected chi connectivity index (χ2v) is 11.0. The highest BCUT2D eigenvalue weighted by atomic mass is 16.6. The van der Waals surface area contributed by atoms with E-state index in [1.165, 1.54) is 25.7 Å². The van der Waals surface area contributed by atoms with E-state index in [-0.39, 0.29) is 17.6 Å². The van der Waals surface area contributed by atoms with Crippen LogP contribution in [-0.2, 0) is 20.7 Å². The highest BCUT2D eigenvalue weighted by Gasteiger charge is 2.57. The lowest BCUT2D eigenvalue weighted by Crippen LogP contribution is -2.45. The molecule has 3 rings (SSSR count). The van der Waals surface area contributed by atoms with Gasteiger partial charge >= 0.3 is 5.97 Å². The Morgan fingerprint density at radius 2 is 1.88 bits per heavy atom. The Morgan fingerprint density at radius 3 is 2.44 bits per heavy atom. The first-order valence-corrected chi connectivity index (χ1v) is 12.9. The molecule has 2 atom stereocenters. The summed E-state index contributed by atoms with van der Waals surface area (Å²) in [5.41, 5.74) is 1.19. The summed E-state index contributed by atoms with van der Waals surface area (Å²) >= 11 is 0. The van der Waals surface area contributed by atoms with Crippen molar-refractivity contribution in [1.29, 1.82) is 0 Å². The number of rotatable bonds is 12. The van der Waals surface area contributed by atoms with Crippen LogP contribution in [-0.4, -0.2) is 67.6 Å². The largest absolute Gasteiger partial charge is 0.492 e. The van der Waals surface area contributed by atoms with Crippen LogP contribution in [0.2, 0.25) is 0 Å². The lowest BCUT2D eigenvalue weighted by atomic mass is 9.71. The van der Waals surface area contributed by atoms with Crippen molar-refractivity contribution in [3.8, 4) is 5.75 Å². The van der Waals surface area contributed by atoms with Gasteiger partial charge in [0.1, 0.15) is 12.4 Å². The van der Waals surface area contributed by atoms with E-state index in [0.29, 0.717) is 18.9 Å². The fourth-order valence-electron chi connectivity index (χ4n) is 4.64. The van der Waals surface area contributed by atoms with Gasteiger partial charge in [0.2, 0.25) is 0 Å². The zero-order chi connectivity index (χ0) is 25.2. The molecule has 0 aromatic heterocycles. The number of aryl methyl sites for hydroxylation is 1. The van der Waals surface area contributed by atoms with Crippen molar-refractivity contribution in [2.45, 2.75) is 83.8 Å². The van der Waals surface area contributed by atoms with Gasteiger partial charge in [0.05, 0.1) is 17.8 Å². The average Bonchev–Trinajstić information content (AvgIpc) is 3.52. The molecule has 6 nitrogen and oxygen atoms in total. The fraction of sp³-hybridized carbons (Fsp3) is 0.750. The van der Waals surface area contributed by atoms with Crippen molar-refractivity contribution in [1.82, 2.24) is 4.90 Å². The molecule has 0 bridgehead atoms. The summed E-state index contributed by atoms with van der Waals surface area (Å²) in [7, 11) is 4.00. The molecule has 0 radical (unpaired) electrons. The number of likely N-dealkylation sites (N-methyl/N-ethyl adjacent to an activating group) is 1. The fourth-order valence-corrected chi connectivity index (χ4v) is 4.64. The summed E-state index contributed by atoms with van der Waals surface area (Å²) in [4.78, 5) is 12.5. The maximum atomic E-state index is 10.4. The van der Waals surface area contributed by atoms with Crippen LogP contribution in [0.1, 0.15) is 71.8 Å². The van der Waals surface area contributed by atoms with Gasteiger partial charge in [-0.3, -0.25) is 4.79 Å². The molecule has 1 heterocycles. The van der Waals surface area contributed by atoms with E-state index >= 15 is 0 Å². The van der Waals surface area contributed by atoms with Crippen LogP contribution in [0.5, 0.6) is 5.75 Å². The first-order chi connectivity index (χ1) is 16.0. The quantitative estimate of drug-likeness (QED) is 0.405. The zero-order valence-electron chi connectivity index (χ0n) is 22.3. The Labute approximate surface area is 207 Å². The van der Waals surface area contributed by atoms with Gasteiger partial charge in [0, 0.05) is 25.5 Å². The van der Waals surface area contributed by atoms with Gasteiger partial charge in [0.25, 0.3) is 0 Å². The predicted octanol–water partition coefficient (Wildman–Crippen LogP) is 5.43. The molecule has 1 N–H and O–H groups in total. The smallest absolute Gasteiger partial charge is 0.303 e. The normalized spacial score (nSPS) is 21.9. The molecule has 2 aliphatic rings. The number of epoxide rings is 1. The van der Waals surface area contributed by atoms with E-state index in [9.17, 15) is 4.79 Å².